The van der Waals surface area contributed by atoms with Gasteiger partial charge < -0.3 is 9.74 Å². The van der Waals surface area contributed by atoms with Gasteiger partial charge >= 0.3 is 0 Å². The smallest absolute Gasteiger partial charge is 0.263 e. The lowest BCUT2D eigenvalue weighted by molar-refractivity contribution is -0.137. The van der Waals surface area contributed by atoms with Gasteiger partial charge in [-0.15, -0.1) is 5.10 Å². The predicted octanol–water partition coefficient (Wildman–Crippen LogP) is 2.10. The van der Waals surface area contributed by atoms with Gasteiger partial charge in [-0.1, -0.05) is 40.7 Å². The zero-order valence-electron chi connectivity index (χ0n) is 12.9. The van der Waals surface area contributed by atoms with E-state index in [1.807, 2.05) is 12.1 Å². The molecule has 0 bridgehead atoms. The van der Waals surface area contributed by atoms with Crippen LogP contribution in [0.1, 0.15) is 11.1 Å². The Labute approximate surface area is 143 Å². The highest BCUT2D eigenvalue weighted by Gasteiger charge is 2.21. The number of hydrogen-bond acceptors (Lipinski definition) is 4. The van der Waals surface area contributed by atoms with E-state index < -0.39 is 0 Å². The van der Waals surface area contributed by atoms with Crippen molar-refractivity contribution >= 4 is 28.5 Å². The molecular formula is C17H15ClN4O2. The van der Waals surface area contributed by atoms with Gasteiger partial charge in [-0.3, -0.25) is 4.79 Å². The number of amides is 1. The molecule has 0 spiro atoms. The third-order valence-corrected chi connectivity index (χ3v) is 4.41. The molecule has 1 aromatic heterocycles. The van der Waals surface area contributed by atoms with Crippen LogP contribution in [0.5, 0.6) is 0 Å². The molecule has 1 aliphatic heterocycles. The number of carbonyl (C=O) groups excluding carboxylic acids is 1. The van der Waals surface area contributed by atoms with E-state index in [9.17, 15) is 4.79 Å². The van der Waals surface area contributed by atoms with Crippen molar-refractivity contribution in [1.82, 2.24) is 20.1 Å². The molecule has 6 nitrogen and oxygen atoms in total. The van der Waals surface area contributed by atoms with Crippen LogP contribution in [0.15, 0.2) is 42.5 Å². The molecule has 4 rings (SSSR count). The molecule has 0 N–H and O–H groups in total. The van der Waals surface area contributed by atoms with E-state index in [2.05, 4.69) is 22.4 Å². The Morgan fingerprint density at radius 2 is 2.04 bits per heavy atom. The number of fused-ring (bicyclic) bond motifs is 2. The van der Waals surface area contributed by atoms with Gasteiger partial charge in [-0.2, -0.15) is 0 Å². The number of rotatable bonds is 3. The molecule has 0 atom stereocenters. The summed E-state index contributed by atoms with van der Waals surface area (Å²) in [7, 11) is 0. The van der Waals surface area contributed by atoms with Crippen molar-refractivity contribution in [3.8, 4) is 0 Å². The van der Waals surface area contributed by atoms with Crippen LogP contribution in [-0.2, 0) is 17.8 Å². The third kappa shape index (κ3) is 2.80. The molecule has 122 valence electrons. The van der Waals surface area contributed by atoms with Gasteiger partial charge in [-0.05, 0) is 41.0 Å². The van der Waals surface area contributed by atoms with E-state index >= 15 is 0 Å². The highest BCUT2D eigenvalue weighted by Crippen LogP contribution is 2.19. The number of nitrogens with zero attached hydrogens (tertiary/aromatic N) is 4. The summed E-state index contributed by atoms with van der Waals surface area (Å²) < 4.78 is 0. The molecule has 0 aliphatic carbocycles. The summed E-state index contributed by atoms with van der Waals surface area (Å²) >= 11 is 5.98. The van der Waals surface area contributed by atoms with Crippen molar-refractivity contribution in [2.24, 2.45) is 0 Å². The fraction of sp³-hybridized carbons (Fsp3) is 0.235. The minimum atomic E-state index is -0.0901. The second-order valence-electron chi connectivity index (χ2n) is 5.70. The lowest BCUT2D eigenvalue weighted by atomic mass is 10.00. The fourth-order valence-electron chi connectivity index (χ4n) is 2.88. The van der Waals surface area contributed by atoms with Gasteiger partial charge in [0.25, 0.3) is 5.91 Å². The Morgan fingerprint density at radius 1 is 1.21 bits per heavy atom. The standard InChI is InChI=1S/C17H15ClN4O2/c18-14-5-6-15-16(9-14)22(20-19-15)24-11-17(23)21-8-7-12-3-1-2-4-13(12)10-21/h1-6,9H,7-8,10-11H2. The number of benzene rings is 2. The zero-order valence-corrected chi connectivity index (χ0v) is 13.6. The van der Waals surface area contributed by atoms with Crippen molar-refractivity contribution in [3.05, 3.63) is 58.6 Å². The molecule has 0 saturated carbocycles. The first kappa shape index (κ1) is 15.0. The number of carbonyl (C=O) groups is 1. The van der Waals surface area contributed by atoms with Gasteiger partial charge in [-0.25, -0.2) is 0 Å². The molecule has 1 aliphatic rings. The Hall–Kier alpha value is -2.60. The van der Waals surface area contributed by atoms with Crippen molar-refractivity contribution in [2.45, 2.75) is 13.0 Å². The zero-order chi connectivity index (χ0) is 16.5. The molecular weight excluding hydrogens is 328 g/mol. The molecule has 1 amide bonds. The van der Waals surface area contributed by atoms with Gasteiger partial charge in [0.15, 0.2) is 6.61 Å². The van der Waals surface area contributed by atoms with Crippen molar-refractivity contribution in [1.29, 1.82) is 0 Å². The largest absolute Gasteiger partial charge is 0.385 e. The first-order chi connectivity index (χ1) is 11.7. The van der Waals surface area contributed by atoms with Crippen LogP contribution in [0.3, 0.4) is 0 Å². The van der Waals surface area contributed by atoms with Gasteiger partial charge in [0.2, 0.25) is 0 Å². The lowest BCUT2D eigenvalue weighted by Gasteiger charge is -2.28. The Kier molecular flexibility index (Phi) is 3.82. The van der Waals surface area contributed by atoms with E-state index in [1.165, 1.54) is 16.0 Å². The summed E-state index contributed by atoms with van der Waals surface area (Å²) in [5.74, 6) is -0.0739. The van der Waals surface area contributed by atoms with E-state index in [0.717, 1.165) is 6.42 Å². The maximum atomic E-state index is 12.4. The van der Waals surface area contributed by atoms with Crippen LogP contribution in [0.4, 0.5) is 0 Å². The Morgan fingerprint density at radius 3 is 2.92 bits per heavy atom. The average Bonchev–Trinajstić information content (AvgIpc) is 3.01. The lowest BCUT2D eigenvalue weighted by Crippen LogP contribution is -2.40. The topological polar surface area (TPSA) is 60.3 Å². The van der Waals surface area contributed by atoms with E-state index in [4.69, 9.17) is 16.4 Å². The van der Waals surface area contributed by atoms with Crippen LogP contribution >= 0.6 is 11.6 Å². The summed E-state index contributed by atoms with van der Waals surface area (Å²) in [6.45, 7) is 1.22. The van der Waals surface area contributed by atoms with E-state index in [-0.39, 0.29) is 12.5 Å². The van der Waals surface area contributed by atoms with Gasteiger partial charge in [0.1, 0.15) is 11.0 Å². The minimum absolute atomic E-state index is 0.0739. The second-order valence-corrected chi connectivity index (χ2v) is 6.14. The number of halogens is 1. The molecule has 7 heteroatoms. The van der Waals surface area contributed by atoms with E-state index in [1.54, 1.807) is 23.1 Å². The average molecular weight is 343 g/mol. The van der Waals surface area contributed by atoms with Crippen LogP contribution in [0.25, 0.3) is 11.0 Å². The van der Waals surface area contributed by atoms with Crippen molar-refractivity contribution in [2.75, 3.05) is 13.2 Å². The maximum absolute atomic E-state index is 12.4. The monoisotopic (exact) mass is 342 g/mol. The van der Waals surface area contributed by atoms with Crippen LogP contribution < -0.4 is 4.84 Å². The Bertz CT molecular complexity index is 908. The summed E-state index contributed by atoms with van der Waals surface area (Å²) in [5.41, 5.74) is 3.80. The number of aromatic nitrogens is 3. The molecule has 0 fully saturated rings. The van der Waals surface area contributed by atoms with Crippen LogP contribution in [0.2, 0.25) is 5.02 Å². The predicted molar refractivity (Wildman–Crippen MR) is 89.5 cm³/mol. The van der Waals surface area contributed by atoms with Gasteiger partial charge in [0.05, 0.1) is 0 Å². The third-order valence-electron chi connectivity index (χ3n) is 4.17. The second kappa shape index (κ2) is 6.13. The van der Waals surface area contributed by atoms with Crippen molar-refractivity contribution in [3.63, 3.8) is 0 Å². The highest BCUT2D eigenvalue weighted by atomic mass is 35.5. The molecule has 24 heavy (non-hydrogen) atoms. The summed E-state index contributed by atoms with van der Waals surface area (Å²) in [4.78, 5) is 21.0. The Balaban J connectivity index is 1.44. The summed E-state index contributed by atoms with van der Waals surface area (Å²) in [6, 6.07) is 13.4. The molecule has 2 heterocycles. The highest BCUT2D eigenvalue weighted by molar-refractivity contribution is 6.31. The quantitative estimate of drug-likeness (QED) is 0.731. The van der Waals surface area contributed by atoms with Crippen LogP contribution in [0, 0.1) is 0 Å². The molecule has 0 radical (unpaired) electrons. The SMILES string of the molecule is O=C(COn1nnc2ccc(Cl)cc21)N1CCc2ccccc2C1. The van der Waals surface area contributed by atoms with Crippen molar-refractivity contribution < 1.29 is 9.63 Å². The fourth-order valence-corrected chi connectivity index (χ4v) is 3.05. The normalized spacial score (nSPS) is 13.8. The van der Waals surface area contributed by atoms with E-state index in [0.29, 0.717) is 29.1 Å². The minimum Gasteiger partial charge on any atom is -0.385 e. The van der Waals surface area contributed by atoms with Crippen LogP contribution in [-0.4, -0.2) is 39.1 Å². The molecule has 2 aromatic carbocycles. The molecule has 0 unspecified atom stereocenters. The molecule has 3 aromatic rings. The first-order valence-corrected chi connectivity index (χ1v) is 8.07. The number of hydrogen-bond donors (Lipinski definition) is 0. The molecule has 0 saturated heterocycles. The summed E-state index contributed by atoms with van der Waals surface area (Å²) in [6.07, 6.45) is 0.865. The van der Waals surface area contributed by atoms with Gasteiger partial charge in [0, 0.05) is 18.1 Å². The maximum Gasteiger partial charge on any atom is 0.263 e. The summed E-state index contributed by atoms with van der Waals surface area (Å²) in [5, 5.41) is 8.45. The first-order valence-electron chi connectivity index (χ1n) is 7.69.